The number of fused-ring (bicyclic) bond motifs is 1. The zero-order chi connectivity index (χ0) is 18.7. The summed E-state index contributed by atoms with van der Waals surface area (Å²) in [6.45, 7) is 4.59. The average Bonchev–Trinajstić information content (AvgIpc) is 3.08. The SMILES string of the molecule is C=CC(=O)N1CCC(C(=O)OC2CCc3cc(C(=O)OC)ccc32)CC1. The molecule has 1 aromatic rings. The van der Waals surface area contributed by atoms with Gasteiger partial charge in [-0.1, -0.05) is 12.6 Å². The number of amides is 1. The Morgan fingerprint density at radius 2 is 1.92 bits per heavy atom. The minimum Gasteiger partial charge on any atom is -0.465 e. The van der Waals surface area contributed by atoms with Crippen molar-refractivity contribution in [1.29, 1.82) is 0 Å². The van der Waals surface area contributed by atoms with Gasteiger partial charge in [0.15, 0.2) is 0 Å². The molecule has 0 spiro atoms. The van der Waals surface area contributed by atoms with Crippen LogP contribution in [0.3, 0.4) is 0 Å². The maximum Gasteiger partial charge on any atom is 0.337 e. The molecule has 2 aliphatic rings. The van der Waals surface area contributed by atoms with Gasteiger partial charge in [0.25, 0.3) is 0 Å². The number of hydrogen-bond acceptors (Lipinski definition) is 5. The molecule has 1 aliphatic carbocycles. The lowest BCUT2D eigenvalue weighted by Crippen LogP contribution is -2.39. The van der Waals surface area contributed by atoms with Gasteiger partial charge in [0.05, 0.1) is 18.6 Å². The van der Waals surface area contributed by atoms with Gasteiger partial charge in [-0.3, -0.25) is 9.59 Å². The van der Waals surface area contributed by atoms with Gasteiger partial charge in [0.2, 0.25) is 5.91 Å². The molecule has 1 unspecified atom stereocenters. The highest BCUT2D eigenvalue weighted by atomic mass is 16.5. The Kier molecular flexibility index (Phi) is 5.40. The second-order valence-corrected chi connectivity index (χ2v) is 6.67. The van der Waals surface area contributed by atoms with Crippen molar-refractivity contribution in [2.45, 2.75) is 31.8 Å². The number of methoxy groups -OCH3 is 1. The third-order valence-electron chi connectivity index (χ3n) is 5.16. The first-order valence-corrected chi connectivity index (χ1v) is 8.86. The average molecular weight is 357 g/mol. The number of aryl methyl sites for hydroxylation is 1. The molecule has 3 rings (SSSR count). The summed E-state index contributed by atoms with van der Waals surface area (Å²) in [4.78, 5) is 37.5. The molecule has 0 bridgehead atoms. The lowest BCUT2D eigenvalue weighted by atomic mass is 9.96. The molecule has 1 atom stereocenters. The maximum absolute atomic E-state index is 12.5. The Hall–Kier alpha value is -2.63. The summed E-state index contributed by atoms with van der Waals surface area (Å²) in [5.74, 6) is -0.843. The molecule has 1 amide bonds. The van der Waals surface area contributed by atoms with E-state index in [1.807, 2.05) is 12.1 Å². The summed E-state index contributed by atoms with van der Waals surface area (Å²) < 4.78 is 10.5. The van der Waals surface area contributed by atoms with Crippen LogP contribution in [0.5, 0.6) is 0 Å². The molecule has 0 N–H and O–H groups in total. The fourth-order valence-corrected chi connectivity index (χ4v) is 3.65. The van der Waals surface area contributed by atoms with Crippen LogP contribution in [0.4, 0.5) is 0 Å². The lowest BCUT2D eigenvalue weighted by molar-refractivity contribution is -0.157. The first-order valence-electron chi connectivity index (χ1n) is 8.86. The van der Waals surface area contributed by atoms with E-state index in [9.17, 15) is 14.4 Å². The highest BCUT2D eigenvalue weighted by molar-refractivity contribution is 5.89. The molecule has 6 heteroatoms. The quantitative estimate of drug-likeness (QED) is 0.611. The van der Waals surface area contributed by atoms with Crippen LogP contribution in [0, 0.1) is 5.92 Å². The van der Waals surface area contributed by atoms with Crippen molar-refractivity contribution in [1.82, 2.24) is 4.90 Å². The third-order valence-corrected chi connectivity index (χ3v) is 5.16. The number of carbonyl (C=O) groups is 3. The predicted molar refractivity (Wildman–Crippen MR) is 94.4 cm³/mol. The smallest absolute Gasteiger partial charge is 0.337 e. The number of nitrogens with zero attached hydrogens (tertiary/aromatic N) is 1. The number of benzene rings is 1. The van der Waals surface area contributed by atoms with Crippen LogP contribution in [0.25, 0.3) is 0 Å². The monoisotopic (exact) mass is 357 g/mol. The minimum absolute atomic E-state index is 0.0945. The molecule has 26 heavy (non-hydrogen) atoms. The largest absolute Gasteiger partial charge is 0.465 e. The highest BCUT2D eigenvalue weighted by Gasteiger charge is 2.32. The summed E-state index contributed by atoms with van der Waals surface area (Å²) in [5.41, 5.74) is 2.50. The van der Waals surface area contributed by atoms with Gasteiger partial charge in [-0.15, -0.1) is 0 Å². The van der Waals surface area contributed by atoms with E-state index in [-0.39, 0.29) is 29.9 Å². The molecule has 6 nitrogen and oxygen atoms in total. The van der Waals surface area contributed by atoms with Crippen molar-refractivity contribution in [3.05, 3.63) is 47.5 Å². The molecule has 1 fully saturated rings. The number of esters is 2. The second kappa shape index (κ2) is 7.72. The van der Waals surface area contributed by atoms with Crippen molar-refractivity contribution >= 4 is 17.8 Å². The maximum atomic E-state index is 12.5. The van der Waals surface area contributed by atoms with Crippen molar-refractivity contribution in [2.75, 3.05) is 20.2 Å². The lowest BCUT2D eigenvalue weighted by Gasteiger charge is -2.30. The van der Waals surface area contributed by atoms with Crippen LogP contribution < -0.4 is 0 Å². The van der Waals surface area contributed by atoms with E-state index in [0.717, 1.165) is 24.0 Å². The highest BCUT2D eigenvalue weighted by Crippen LogP contribution is 2.36. The zero-order valence-corrected chi connectivity index (χ0v) is 14.9. The number of hydrogen-bond donors (Lipinski definition) is 0. The van der Waals surface area contributed by atoms with Gasteiger partial charge in [0.1, 0.15) is 6.10 Å². The van der Waals surface area contributed by atoms with E-state index in [1.165, 1.54) is 13.2 Å². The van der Waals surface area contributed by atoms with Crippen LogP contribution in [-0.2, 0) is 25.5 Å². The fourth-order valence-electron chi connectivity index (χ4n) is 3.65. The first kappa shape index (κ1) is 18.2. The van der Waals surface area contributed by atoms with E-state index in [2.05, 4.69) is 6.58 Å². The Bertz CT molecular complexity index is 734. The van der Waals surface area contributed by atoms with Crippen LogP contribution in [-0.4, -0.2) is 42.9 Å². The van der Waals surface area contributed by atoms with Crippen molar-refractivity contribution < 1.29 is 23.9 Å². The number of piperidine rings is 1. The molecule has 0 saturated carbocycles. The predicted octanol–water partition coefficient (Wildman–Crippen LogP) is 2.43. The minimum atomic E-state index is -0.367. The fraction of sp³-hybridized carbons (Fsp3) is 0.450. The third kappa shape index (κ3) is 3.64. The van der Waals surface area contributed by atoms with E-state index < -0.39 is 0 Å². The second-order valence-electron chi connectivity index (χ2n) is 6.67. The molecule has 138 valence electrons. The van der Waals surface area contributed by atoms with Crippen LogP contribution in [0.1, 0.15) is 46.9 Å². The summed E-state index contributed by atoms with van der Waals surface area (Å²) in [7, 11) is 1.36. The normalized spacial score (nSPS) is 19.6. The standard InChI is InChI=1S/C20H23NO5/c1-3-18(22)21-10-8-13(9-11-21)20(24)26-17-7-5-14-12-15(19(23)25-2)4-6-16(14)17/h3-4,6,12-13,17H,1,5,7-11H2,2H3. The Morgan fingerprint density at radius 3 is 2.58 bits per heavy atom. The molecular weight excluding hydrogens is 334 g/mol. The number of ether oxygens (including phenoxy) is 2. The molecule has 1 aromatic carbocycles. The zero-order valence-electron chi connectivity index (χ0n) is 14.9. The van der Waals surface area contributed by atoms with Gasteiger partial charge in [-0.05, 0) is 55.0 Å². The summed E-state index contributed by atoms with van der Waals surface area (Å²) in [6, 6.07) is 5.36. The van der Waals surface area contributed by atoms with Crippen LogP contribution in [0.15, 0.2) is 30.9 Å². The molecule has 1 aliphatic heterocycles. The van der Waals surface area contributed by atoms with Gasteiger partial charge in [0, 0.05) is 13.1 Å². The Morgan fingerprint density at radius 1 is 1.19 bits per heavy atom. The first-order chi connectivity index (χ1) is 12.5. The van der Waals surface area contributed by atoms with E-state index in [1.54, 1.807) is 11.0 Å². The summed E-state index contributed by atoms with van der Waals surface area (Å²) in [5, 5.41) is 0. The van der Waals surface area contributed by atoms with E-state index in [4.69, 9.17) is 9.47 Å². The number of carbonyl (C=O) groups excluding carboxylic acids is 3. The summed E-state index contributed by atoms with van der Waals surface area (Å²) >= 11 is 0. The molecule has 1 saturated heterocycles. The van der Waals surface area contributed by atoms with Crippen LogP contribution >= 0.6 is 0 Å². The van der Waals surface area contributed by atoms with Crippen molar-refractivity contribution in [3.8, 4) is 0 Å². The van der Waals surface area contributed by atoms with Crippen molar-refractivity contribution in [3.63, 3.8) is 0 Å². The van der Waals surface area contributed by atoms with E-state index in [0.29, 0.717) is 31.5 Å². The van der Waals surface area contributed by atoms with Crippen molar-refractivity contribution in [2.24, 2.45) is 5.92 Å². The van der Waals surface area contributed by atoms with Crippen LogP contribution in [0.2, 0.25) is 0 Å². The summed E-state index contributed by atoms with van der Waals surface area (Å²) in [6.07, 6.45) is 3.75. The topological polar surface area (TPSA) is 72.9 Å². The number of rotatable bonds is 4. The van der Waals surface area contributed by atoms with E-state index >= 15 is 0 Å². The molecule has 0 aromatic heterocycles. The van der Waals surface area contributed by atoms with Gasteiger partial charge in [-0.2, -0.15) is 0 Å². The Labute approximate surface area is 152 Å². The van der Waals surface area contributed by atoms with Gasteiger partial charge >= 0.3 is 11.9 Å². The molecule has 0 radical (unpaired) electrons. The van der Waals surface area contributed by atoms with Gasteiger partial charge in [-0.25, -0.2) is 4.79 Å². The molecule has 1 heterocycles. The Balaban J connectivity index is 1.60. The van der Waals surface area contributed by atoms with Gasteiger partial charge < -0.3 is 14.4 Å². The molecular formula is C20H23NO5. The number of likely N-dealkylation sites (tertiary alicyclic amines) is 1.